The fourth-order valence-electron chi connectivity index (χ4n) is 3.30. The first-order valence-corrected chi connectivity index (χ1v) is 13.6. The highest BCUT2D eigenvalue weighted by Gasteiger charge is 2.35. The Balaban J connectivity index is 1.41. The second-order valence-corrected chi connectivity index (χ2v) is 11.0. The van der Waals surface area contributed by atoms with E-state index in [0.717, 1.165) is 10.4 Å². The van der Waals surface area contributed by atoms with Crippen LogP contribution in [0.25, 0.3) is 10.4 Å². The van der Waals surface area contributed by atoms with Crippen molar-refractivity contribution < 1.29 is 32.3 Å². The van der Waals surface area contributed by atoms with Crippen LogP contribution in [0, 0.1) is 0 Å². The molecule has 0 spiro atoms. The summed E-state index contributed by atoms with van der Waals surface area (Å²) in [5, 5.41) is 2.49. The van der Waals surface area contributed by atoms with E-state index in [9.17, 15) is 22.8 Å². The molecule has 0 unspecified atom stereocenters. The SMILES string of the molecule is CCOC(=O)c1cc(-c2ccccc2)sc1NC(=O)COC(=O)c1cccc(NS(=O)(=O)C2CC2)c1. The van der Waals surface area contributed by atoms with Crippen molar-refractivity contribution >= 4 is 49.9 Å². The lowest BCUT2D eigenvalue weighted by atomic mass is 10.1. The summed E-state index contributed by atoms with van der Waals surface area (Å²) < 4.78 is 36.9. The average Bonchev–Trinajstić information content (AvgIpc) is 3.65. The van der Waals surface area contributed by atoms with Crippen molar-refractivity contribution in [3.63, 3.8) is 0 Å². The van der Waals surface area contributed by atoms with E-state index in [1.54, 1.807) is 13.0 Å². The lowest BCUT2D eigenvalue weighted by Gasteiger charge is -2.09. The maximum Gasteiger partial charge on any atom is 0.341 e. The van der Waals surface area contributed by atoms with Gasteiger partial charge in [-0.1, -0.05) is 36.4 Å². The normalized spacial score (nSPS) is 13.0. The van der Waals surface area contributed by atoms with E-state index >= 15 is 0 Å². The molecule has 1 amide bonds. The molecule has 9 nitrogen and oxygen atoms in total. The summed E-state index contributed by atoms with van der Waals surface area (Å²) in [6, 6.07) is 16.9. The van der Waals surface area contributed by atoms with Crippen molar-refractivity contribution in [2.45, 2.75) is 25.0 Å². The van der Waals surface area contributed by atoms with Gasteiger partial charge in [0.2, 0.25) is 10.0 Å². The molecular formula is C25H24N2O7S2. The lowest BCUT2D eigenvalue weighted by Crippen LogP contribution is -2.22. The molecule has 1 aliphatic rings. The number of hydrogen-bond acceptors (Lipinski definition) is 8. The molecular weight excluding hydrogens is 504 g/mol. The van der Waals surface area contributed by atoms with Gasteiger partial charge in [0.1, 0.15) is 5.00 Å². The van der Waals surface area contributed by atoms with Gasteiger partial charge in [-0.2, -0.15) is 0 Å². The van der Waals surface area contributed by atoms with Crippen LogP contribution in [0.5, 0.6) is 0 Å². The zero-order valence-electron chi connectivity index (χ0n) is 19.4. The molecule has 4 rings (SSSR count). The van der Waals surface area contributed by atoms with Gasteiger partial charge in [-0.3, -0.25) is 9.52 Å². The van der Waals surface area contributed by atoms with Crippen molar-refractivity contribution in [1.82, 2.24) is 0 Å². The first-order valence-electron chi connectivity index (χ1n) is 11.2. The Labute approximate surface area is 212 Å². The van der Waals surface area contributed by atoms with Crippen molar-refractivity contribution in [3.8, 4) is 10.4 Å². The lowest BCUT2D eigenvalue weighted by molar-refractivity contribution is -0.119. The third kappa shape index (κ3) is 6.29. The van der Waals surface area contributed by atoms with Crippen LogP contribution < -0.4 is 10.0 Å². The van der Waals surface area contributed by atoms with Crippen LogP contribution in [0.4, 0.5) is 10.7 Å². The maximum absolute atomic E-state index is 12.5. The Morgan fingerprint density at radius 1 is 0.972 bits per heavy atom. The van der Waals surface area contributed by atoms with Gasteiger partial charge in [-0.05, 0) is 49.6 Å². The van der Waals surface area contributed by atoms with E-state index in [1.807, 2.05) is 30.3 Å². The van der Waals surface area contributed by atoms with Crippen molar-refractivity contribution in [3.05, 3.63) is 71.8 Å². The standard InChI is InChI=1S/C25H24N2O7S2/c1-2-33-25(30)20-14-21(16-7-4-3-5-8-16)35-23(20)26-22(28)15-34-24(29)17-9-6-10-18(13-17)27-36(31,32)19-11-12-19/h3-10,13-14,19,27H,2,11-12,15H2,1H3,(H,26,28). The van der Waals surface area contributed by atoms with E-state index in [-0.39, 0.29) is 28.4 Å². The molecule has 0 atom stereocenters. The molecule has 1 aromatic heterocycles. The molecule has 2 N–H and O–H groups in total. The van der Waals surface area contributed by atoms with Crippen LogP contribution in [0.1, 0.15) is 40.5 Å². The second kappa shape index (κ2) is 10.9. The van der Waals surface area contributed by atoms with Gasteiger partial charge in [0.15, 0.2) is 6.61 Å². The quantitative estimate of drug-likeness (QED) is 0.376. The maximum atomic E-state index is 12.5. The molecule has 1 fully saturated rings. The molecule has 1 aliphatic carbocycles. The minimum absolute atomic E-state index is 0.0912. The van der Waals surface area contributed by atoms with E-state index in [4.69, 9.17) is 9.47 Å². The Kier molecular flexibility index (Phi) is 7.70. The van der Waals surface area contributed by atoms with Crippen LogP contribution in [0.15, 0.2) is 60.7 Å². The predicted molar refractivity (Wildman–Crippen MR) is 137 cm³/mol. The molecule has 188 valence electrons. The van der Waals surface area contributed by atoms with Crippen LogP contribution in [-0.2, 0) is 24.3 Å². The number of benzene rings is 2. The van der Waals surface area contributed by atoms with E-state index < -0.39 is 39.7 Å². The molecule has 36 heavy (non-hydrogen) atoms. The number of nitrogens with one attached hydrogen (secondary N) is 2. The summed E-state index contributed by atoms with van der Waals surface area (Å²) in [5.41, 5.74) is 1.41. The molecule has 2 aromatic carbocycles. The van der Waals surface area contributed by atoms with Gasteiger partial charge in [0, 0.05) is 10.6 Å². The number of hydrogen-bond donors (Lipinski definition) is 2. The molecule has 0 radical (unpaired) electrons. The molecule has 11 heteroatoms. The Morgan fingerprint density at radius 2 is 1.72 bits per heavy atom. The third-order valence-electron chi connectivity index (χ3n) is 5.19. The number of carbonyl (C=O) groups excluding carboxylic acids is 3. The first kappa shape index (κ1) is 25.4. The number of esters is 2. The Hall–Kier alpha value is -3.70. The van der Waals surface area contributed by atoms with Crippen LogP contribution in [0.3, 0.4) is 0 Å². The molecule has 0 aliphatic heterocycles. The second-order valence-electron chi connectivity index (χ2n) is 7.99. The Bertz CT molecular complexity index is 1380. The fraction of sp³-hybridized carbons (Fsp3) is 0.240. The van der Waals surface area contributed by atoms with E-state index in [2.05, 4.69) is 10.0 Å². The molecule has 1 heterocycles. The monoisotopic (exact) mass is 528 g/mol. The third-order valence-corrected chi connectivity index (χ3v) is 8.16. The largest absolute Gasteiger partial charge is 0.462 e. The average molecular weight is 529 g/mol. The molecule has 0 bridgehead atoms. The summed E-state index contributed by atoms with van der Waals surface area (Å²) in [7, 11) is -3.48. The highest BCUT2D eigenvalue weighted by atomic mass is 32.2. The highest BCUT2D eigenvalue weighted by molar-refractivity contribution is 7.93. The molecule has 0 saturated heterocycles. The topological polar surface area (TPSA) is 128 Å². The smallest absolute Gasteiger partial charge is 0.341 e. The number of thiophene rings is 1. The van der Waals surface area contributed by atoms with E-state index in [1.165, 1.54) is 35.6 Å². The summed E-state index contributed by atoms with van der Waals surface area (Å²) in [5.74, 6) is -2.01. The highest BCUT2D eigenvalue weighted by Crippen LogP contribution is 2.36. The summed E-state index contributed by atoms with van der Waals surface area (Å²) in [6.45, 7) is 1.26. The molecule has 3 aromatic rings. The van der Waals surface area contributed by atoms with Crippen LogP contribution >= 0.6 is 11.3 Å². The zero-order valence-corrected chi connectivity index (χ0v) is 21.0. The van der Waals surface area contributed by atoms with Gasteiger partial charge in [-0.25, -0.2) is 18.0 Å². The molecule has 1 saturated carbocycles. The Morgan fingerprint density at radius 3 is 2.42 bits per heavy atom. The van der Waals surface area contributed by atoms with Crippen molar-refractivity contribution in [1.29, 1.82) is 0 Å². The number of amides is 1. The number of anilines is 2. The van der Waals surface area contributed by atoms with Crippen molar-refractivity contribution in [2.75, 3.05) is 23.3 Å². The predicted octanol–water partition coefficient (Wildman–Crippen LogP) is 4.29. The van der Waals surface area contributed by atoms with Gasteiger partial charge < -0.3 is 14.8 Å². The summed E-state index contributed by atoms with van der Waals surface area (Å²) in [6.07, 6.45) is 1.22. The van der Waals surface area contributed by atoms with Gasteiger partial charge in [0.05, 0.1) is 23.0 Å². The van der Waals surface area contributed by atoms with E-state index in [0.29, 0.717) is 12.8 Å². The van der Waals surface area contributed by atoms with Gasteiger partial charge in [0.25, 0.3) is 5.91 Å². The zero-order chi connectivity index (χ0) is 25.7. The van der Waals surface area contributed by atoms with Crippen LogP contribution in [0.2, 0.25) is 0 Å². The first-order chi connectivity index (χ1) is 17.3. The number of sulfonamides is 1. The minimum Gasteiger partial charge on any atom is -0.462 e. The van der Waals surface area contributed by atoms with Gasteiger partial charge in [-0.15, -0.1) is 11.3 Å². The number of carbonyl (C=O) groups is 3. The van der Waals surface area contributed by atoms with Gasteiger partial charge >= 0.3 is 11.9 Å². The van der Waals surface area contributed by atoms with Crippen molar-refractivity contribution in [2.24, 2.45) is 0 Å². The minimum atomic E-state index is -3.48. The summed E-state index contributed by atoms with van der Waals surface area (Å²) >= 11 is 1.20. The van der Waals surface area contributed by atoms with Crippen LogP contribution in [-0.4, -0.2) is 44.7 Å². The number of ether oxygens (including phenoxy) is 2. The number of rotatable bonds is 10. The fourth-order valence-corrected chi connectivity index (χ4v) is 5.75. The summed E-state index contributed by atoms with van der Waals surface area (Å²) in [4.78, 5) is 38.2.